The number of hydrogen-bond acceptors (Lipinski definition) is 5. The van der Waals surface area contributed by atoms with Gasteiger partial charge in [-0.1, -0.05) is 24.3 Å². The quantitative estimate of drug-likeness (QED) is 0.836. The van der Waals surface area contributed by atoms with Crippen LogP contribution in [0.5, 0.6) is 0 Å². The lowest BCUT2D eigenvalue weighted by molar-refractivity contribution is -0.125. The smallest absolute Gasteiger partial charge is 0.410 e. The minimum absolute atomic E-state index is 0.134. The van der Waals surface area contributed by atoms with Gasteiger partial charge in [0.2, 0.25) is 5.91 Å². The molecule has 0 spiro atoms. The van der Waals surface area contributed by atoms with Crippen molar-refractivity contribution in [2.75, 3.05) is 6.54 Å². The molecule has 0 saturated carbocycles. The van der Waals surface area contributed by atoms with Gasteiger partial charge >= 0.3 is 6.09 Å². The molecule has 0 unspecified atom stereocenters. The van der Waals surface area contributed by atoms with Crippen molar-refractivity contribution >= 4 is 23.3 Å². The van der Waals surface area contributed by atoms with E-state index in [9.17, 15) is 9.59 Å². The maximum absolute atomic E-state index is 12.6. The SMILES string of the molecule is Cc1ncsc1-c1ccc(CNC(=O)[C@@H]2CCCN2C(=O)OC(C)(C)C)cc1. The van der Waals surface area contributed by atoms with Crippen LogP contribution in [0.25, 0.3) is 10.4 Å². The average molecular weight is 402 g/mol. The van der Waals surface area contributed by atoms with Crippen molar-refractivity contribution in [1.82, 2.24) is 15.2 Å². The molecule has 1 N–H and O–H groups in total. The number of nitrogens with one attached hydrogen (secondary N) is 1. The third kappa shape index (κ3) is 4.90. The Kier molecular flexibility index (Phi) is 6.03. The topological polar surface area (TPSA) is 71.5 Å². The number of hydrogen-bond donors (Lipinski definition) is 1. The van der Waals surface area contributed by atoms with Crippen LogP contribution in [0.3, 0.4) is 0 Å². The van der Waals surface area contributed by atoms with E-state index in [1.54, 1.807) is 11.3 Å². The maximum atomic E-state index is 12.6. The Morgan fingerprint density at radius 2 is 2.00 bits per heavy atom. The Hall–Kier alpha value is -2.41. The summed E-state index contributed by atoms with van der Waals surface area (Å²) in [7, 11) is 0. The second-order valence-corrected chi connectivity index (χ2v) is 8.87. The minimum Gasteiger partial charge on any atom is -0.444 e. The van der Waals surface area contributed by atoms with Crippen molar-refractivity contribution in [2.45, 2.75) is 58.7 Å². The van der Waals surface area contributed by atoms with E-state index in [0.29, 0.717) is 19.5 Å². The van der Waals surface area contributed by atoms with E-state index < -0.39 is 17.7 Å². The van der Waals surface area contributed by atoms with Gasteiger partial charge in [-0.15, -0.1) is 11.3 Å². The molecule has 2 amide bonds. The van der Waals surface area contributed by atoms with Gasteiger partial charge in [-0.2, -0.15) is 0 Å². The van der Waals surface area contributed by atoms with E-state index in [-0.39, 0.29) is 5.91 Å². The first-order chi connectivity index (χ1) is 13.2. The molecule has 1 aliphatic heterocycles. The Morgan fingerprint density at radius 1 is 1.29 bits per heavy atom. The molecule has 150 valence electrons. The summed E-state index contributed by atoms with van der Waals surface area (Å²) in [4.78, 5) is 32.0. The number of carbonyl (C=O) groups is 2. The van der Waals surface area contributed by atoms with Gasteiger partial charge in [0.05, 0.1) is 16.1 Å². The van der Waals surface area contributed by atoms with Crippen molar-refractivity contribution in [3.05, 3.63) is 41.0 Å². The molecule has 1 saturated heterocycles. The van der Waals surface area contributed by atoms with Crippen LogP contribution in [0.15, 0.2) is 29.8 Å². The summed E-state index contributed by atoms with van der Waals surface area (Å²) < 4.78 is 5.43. The van der Waals surface area contributed by atoms with Crippen molar-refractivity contribution in [3.63, 3.8) is 0 Å². The lowest BCUT2D eigenvalue weighted by Crippen LogP contribution is -2.47. The monoisotopic (exact) mass is 401 g/mol. The number of nitrogens with zero attached hydrogens (tertiary/aromatic N) is 2. The Labute approximate surface area is 169 Å². The molecular weight excluding hydrogens is 374 g/mol. The van der Waals surface area contributed by atoms with Gasteiger partial charge in [-0.05, 0) is 51.7 Å². The summed E-state index contributed by atoms with van der Waals surface area (Å²) in [5.41, 5.74) is 4.44. The molecule has 0 aliphatic carbocycles. The van der Waals surface area contributed by atoms with Crippen LogP contribution >= 0.6 is 11.3 Å². The fourth-order valence-corrected chi connectivity index (χ4v) is 4.05. The van der Waals surface area contributed by atoms with Crippen molar-refractivity contribution < 1.29 is 14.3 Å². The molecule has 28 heavy (non-hydrogen) atoms. The summed E-state index contributed by atoms with van der Waals surface area (Å²) >= 11 is 1.62. The lowest BCUT2D eigenvalue weighted by atomic mass is 10.1. The number of amides is 2. The fourth-order valence-electron chi connectivity index (χ4n) is 3.24. The molecule has 7 heteroatoms. The molecule has 0 bridgehead atoms. The standard InChI is InChI=1S/C21H27N3O3S/c1-14-18(28-13-23-14)16-9-7-15(8-10-16)12-22-19(25)17-6-5-11-24(17)20(26)27-21(2,3)4/h7-10,13,17H,5-6,11-12H2,1-4H3,(H,22,25)/t17-/m0/s1. The van der Waals surface area contributed by atoms with E-state index in [1.165, 1.54) is 4.90 Å². The molecule has 1 atom stereocenters. The largest absolute Gasteiger partial charge is 0.444 e. The zero-order valence-electron chi connectivity index (χ0n) is 16.8. The first-order valence-electron chi connectivity index (χ1n) is 9.51. The Balaban J connectivity index is 1.57. The molecule has 1 aliphatic rings. The molecule has 2 heterocycles. The van der Waals surface area contributed by atoms with Gasteiger partial charge in [0.15, 0.2) is 0 Å². The highest BCUT2D eigenvalue weighted by Gasteiger charge is 2.36. The van der Waals surface area contributed by atoms with Crippen LogP contribution in [0, 0.1) is 6.92 Å². The highest BCUT2D eigenvalue weighted by molar-refractivity contribution is 7.13. The molecule has 6 nitrogen and oxygen atoms in total. The van der Waals surface area contributed by atoms with E-state index in [1.807, 2.05) is 57.5 Å². The Bertz CT molecular complexity index is 839. The molecule has 1 aromatic heterocycles. The highest BCUT2D eigenvalue weighted by atomic mass is 32.1. The fraction of sp³-hybridized carbons (Fsp3) is 0.476. The second kappa shape index (κ2) is 8.31. The van der Waals surface area contributed by atoms with Crippen LogP contribution in [0.1, 0.15) is 44.9 Å². The van der Waals surface area contributed by atoms with Crippen molar-refractivity contribution in [1.29, 1.82) is 0 Å². The van der Waals surface area contributed by atoms with E-state index >= 15 is 0 Å². The number of rotatable bonds is 4. The molecule has 0 radical (unpaired) electrons. The van der Waals surface area contributed by atoms with Gasteiger partial charge in [-0.25, -0.2) is 9.78 Å². The molecular formula is C21H27N3O3S. The van der Waals surface area contributed by atoms with Gasteiger partial charge in [-0.3, -0.25) is 9.69 Å². The van der Waals surface area contributed by atoms with E-state index in [4.69, 9.17) is 4.74 Å². The first-order valence-corrected chi connectivity index (χ1v) is 10.4. The summed E-state index contributed by atoms with van der Waals surface area (Å²) in [6.07, 6.45) is 1.05. The van der Waals surface area contributed by atoms with Gasteiger partial charge < -0.3 is 10.1 Å². The summed E-state index contributed by atoms with van der Waals surface area (Å²) in [5.74, 6) is -0.134. The number of likely N-dealkylation sites (tertiary alicyclic amines) is 1. The maximum Gasteiger partial charge on any atom is 0.410 e. The third-order valence-corrected chi connectivity index (χ3v) is 5.59. The van der Waals surface area contributed by atoms with Crippen molar-refractivity contribution in [2.24, 2.45) is 0 Å². The van der Waals surface area contributed by atoms with Gasteiger partial charge in [0.25, 0.3) is 0 Å². The predicted octanol–water partition coefficient (Wildman–Crippen LogP) is 4.13. The number of thiazole rings is 1. The van der Waals surface area contributed by atoms with Crippen LogP contribution in [0.2, 0.25) is 0 Å². The van der Waals surface area contributed by atoms with Gasteiger partial charge in [0.1, 0.15) is 11.6 Å². The predicted molar refractivity (Wildman–Crippen MR) is 110 cm³/mol. The zero-order chi connectivity index (χ0) is 20.3. The van der Waals surface area contributed by atoms with Crippen LogP contribution < -0.4 is 5.32 Å². The van der Waals surface area contributed by atoms with Crippen LogP contribution in [-0.4, -0.2) is 40.1 Å². The number of carbonyl (C=O) groups excluding carboxylic acids is 2. The first kappa shape index (κ1) is 20.3. The number of ether oxygens (including phenoxy) is 1. The number of benzene rings is 1. The third-order valence-electron chi connectivity index (χ3n) is 4.61. The van der Waals surface area contributed by atoms with Crippen molar-refractivity contribution in [3.8, 4) is 10.4 Å². The number of aromatic nitrogens is 1. The van der Waals surface area contributed by atoms with Crippen LogP contribution in [0.4, 0.5) is 4.79 Å². The van der Waals surface area contributed by atoms with E-state index in [2.05, 4.69) is 10.3 Å². The Morgan fingerprint density at radius 3 is 2.61 bits per heavy atom. The molecule has 2 aromatic rings. The molecule has 1 aromatic carbocycles. The van der Waals surface area contributed by atoms with E-state index in [0.717, 1.165) is 28.1 Å². The summed E-state index contributed by atoms with van der Waals surface area (Å²) in [6, 6.07) is 7.65. The summed E-state index contributed by atoms with van der Waals surface area (Å²) in [6.45, 7) is 8.46. The molecule has 3 rings (SSSR count). The minimum atomic E-state index is -0.571. The zero-order valence-corrected chi connectivity index (χ0v) is 17.6. The van der Waals surface area contributed by atoms with Crippen LogP contribution in [-0.2, 0) is 16.1 Å². The average Bonchev–Trinajstić information content (AvgIpc) is 3.28. The summed E-state index contributed by atoms with van der Waals surface area (Å²) in [5, 5.41) is 2.96. The van der Waals surface area contributed by atoms with Gasteiger partial charge in [0, 0.05) is 13.1 Å². The number of aryl methyl sites for hydroxylation is 1. The highest BCUT2D eigenvalue weighted by Crippen LogP contribution is 2.27. The lowest BCUT2D eigenvalue weighted by Gasteiger charge is -2.28. The molecule has 1 fully saturated rings. The normalized spacial score (nSPS) is 16.9. The second-order valence-electron chi connectivity index (χ2n) is 8.01.